The highest BCUT2D eigenvalue weighted by molar-refractivity contribution is 7.11. The highest BCUT2D eigenvalue weighted by Gasteiger charge is 2.20. The number of carbonyl (C=O) groups excluding carboxylic acids is 1. The smallest absolute Gasteiger partial charge is 0.305 e. The predicted octanol–water partition coefficient (Wildman–Crippen LogP) is 0.128. The van der Waals surface area contributed by atoms with Gasteiger partial charge < -0.3 is 10.8 Å². The molecule has 1 rings (SSSR count). The maximum absolute atomic E-state index is 11.3. The zero-order valence-electron chi connectivity index (χ0n) is 6.64. The van der Waals surface area contributed by atoms with Gasteiger partial charge in [0.05, 0.1) is 12.5 Å². The first-order valence-corrected chi connectivity index (χ1v) is 4.40. The van der Waals surface area contributed by atoms with Crippen LogP contribution in [0.2, 0.25) is 0 Å². The lowest BCUT2D eigenvalue weighted by molar-refractivity contribution is -0.137. The van der Waals surface area contributed by atoms with Crippen LogP contribution in [-0.2, 0) is 4.79 Å². The quantitative estimate of drug-likeness (QED) is 0.674. The van der Waals surface area contributed by atoms with Gasteiger partial charge in [-0.05, 0) is 0 Å². The molecule has 0 saturated carbocycles. The number of ketones is 1. The lowest BCUT2D eigenvalue weighted by Crippen LogP contribution is -2.32. The van der Waals surface area contributed by atoms with Crippen LogP contribution in [0.5, 0.6) is 0 Å². The Morgan fingerprint density at radius 3 is 2.85 bits per heavy atom. The molecule has 0 fully saturated rings. The second kappa shape index (κ2) is 4.11. The molecule has 0 radical (unpaired) electrons. The third-order valence-corrected chi connectivity index (χ3v) is 2.16. The summed E-state index contributed by atoms with van der Waals surface area (Å²) in [7, 11) is 0. The Labute approximate surface area is 78.2 Å². The maximum Gasteiger partial charge on any atom is 0.305 e. The van der Waals surface area contributed by atoms with E-state index in [-0.39, 0.29) is 11.4 Å². The Morgan fingerprint density at radius 2 is 2.38 bits per heavy atom. The normalized spacial score (nSPS) is 12.4. The van der Waals surface area contributed by atoms with Crippen molar-refractivity contribution in [3.05, 3.63) is 16.6 Å². The zero-order chi connectivity index (χ0) is 9.84. The third kappa shape index (κ3) is 2.60. The summed E-state index contributed by atoms with van der Waals surface area (Å²) in [6.07, 6.45) is 1.11. The number of rotatable bonds is 4. The molecule has 0 aliphatic heterocycles. The second-order valence-electron chi connectivity index (χ2n) is 2.41. The van der Waals surface area contributed by atoms with E-state index < -0.39 is 17.8 Å². The Balaban J connectivity index is 2.63. The van der Waals surface area contributed by atoms with Crippen molar-refractivity contribution in [2.75, 3.05) is 0 Å². The first-order valence-electron chi connectivity index (χ1n) is 3.52. The van der Waals surface area contributed by atoms with Gasteiger partial charge in [0, 0.05) is 11.6 Å². The van der Waals surface area contributed by atoms with Crippen LogP contribution in [-0.4, -0.2) is 27.9 Å². The largest absolute Gasteiger partial charge is 0.481 e. The molecule has 0 saturated heterocycles. The minimum atomic E-state index is -1.09. The number of hydrogen-bond acceptors (Lipinski definition) is 5. The summed E-state index contributed by atoms with van der Waals surface area (Å²) in [5.74, 6) is -1.50. The van der Waals surface area contributed by atoms with Crippen molar-refractivity contribution in [2.24, 2.45) is 5.73 Å². The SMILES string of the molecule is NC(CC(=O)O)C(=O)c1nccs1. The Hall–Kier alpha value is -1.27. The third-order valence-electron chi connectivity index (χ3n) is 1.37. The molecule has 1 atom stereocenters. The van der Waals surface area contributed by atoms with E-state index in [1.54, 1.807) is 5.38 Å². The molecule has 0 aliphatic rings. The molecule has 0 aromatic carbocycles. The topological polar surface area (TPSA) is 93.3 Å². The van der Waals surface area contributed by atoms with Gasteiger partial charge in [0.15, 0.2) is 5.01 Å². The minimum Gasteiger partial charge on any atom is -0.481 e. The fourth-order valence-corrected chi connectivity index (χ4v) is 1.42. The molecule has 70 valence electrons. The van der Waals surface area contributed by atoms with E-state index >= 15 is 0 Å². The summed E-state index contributed by atoms with van der Waals surface area (Å²) >= 11 is 1.15. The van der Waals surface area contributed by atoms with E-state index in [1.807, 2.05) is 0 Å². The van der Waals surface area contributed by atoms with Gasteiger partial charge in [-0.3, -0.25) is 9.59 Å². The molecule has 1 aromatic rings. The summed E-state index contributed by atoms with van der Waals surface area (Å²) in [5.41, 5.74) is 5.35. The highest BCUT2D eigenvalue weighted by Crippen LogP contribution is 2.07. The first-order chi connectivity index (χ1) is 6.11. The summed E-state index contributed by atoms with van der Waals surface area (Å²) in [4.78, 5) is 25.3. The lowest BCUT2D eigenvalue weighted by atomic mass is 10.1. The number of carboxylic acids is 1. The fraction of sp³-hybridized carbons (Fsp3) is 0.286. The van der Waals surface area contributed by atoms with Crippen LogP contribution in [0.3, 0.4) is 0 Å². The standard InChI is InChI=1S/C7H8N2O3S/c8-4(3-5(10)11)6(12)7-9-1-2-13-7/h1-2,4H,3,8H2,(H,10,11). The summed E-state index contributed by atoms with van der Waals surface area (Å²) < 4.78 is 0. The van der Waals surface area contributed by atoms with Gasteiger partial charge in [-0.15, -0.1) is 11.3 Å². The number of carboxylic acid groups (broad SMARTS) is 1. The van der Waals surface area contributed by atoms with Crippen LogP contribution in [0.4, 0.5) is 0 Å². The van der Waals surface area contributed by atoms with Gasteiger partial charge in [0.25, 0.3) is 0 Å². The molecule has 5 nitrogen and oxygen atoms in total. The molecule has 1 aromatic heterocycles. The van der Waals surface area contributed by atoms with E-state index in [9.17, 15) is 9.59 Å². The average molecular weight is 200 g/mol. The predicted molar refractivity (Wildman–Crippen MR) is 46.7 cm³/mol. The number of nitrogens with two attached hydrogens (primary N) is 1. The van der Waals surface area contributed by atoms with Crippen molar-refractivity contribution in [1.82, 2.24) is 4.98 Å². The summed E-state index contributed by atoms with van der Waals surface area (Å²) in [6.45, 7) is 0. The van der Waals surface area contributed by atoms with E-state index in [1.165, 1.54) is 6.20 Å². The van der Waals surface area contributed by atoms with Gasteiger partial charge in [-0.1, -0.05) is 0 Å². The Morgan fingerprint density at radius 1 is 1.69 bits per heavy atom. The van der Waals surface area contributed by atoms with Gasteiger partial charge in [-0.2, -0.15) is 0 Å². The number of hydrogen-bond donors (Lipinski definition) is 2. The molecule has 0 aliphatic carbocycles. The fourth-order valence-electron chi connectivity index (χ4n) is 0.785. The maximum atomic E-state index is 11.3. The average Bonchev–Trinajstić information content (AvgIpc) is 2.53. The number of thiazole rings is 1. The van der Waals surface area contributed by atoms with Gasteiger partial charge in [0.2, 0.25) is 5.78 Å². The summed E-state index contributed by atoms with van der Waals surface area (Å²) in [6, 6.07) is -0.997. The van der Waals surface area contributed by atoms with E-state index in [0.717, 1.165) is 11.3 Å². The van der Waals surface area contributed by atoms with Crippen LogP contribution in [0.15, 0.2) is 11.6 Å². The van der Waals surface area contributed by atoms with Crippen molar-refractivity contribution in [1.29, 1.82) is 0 Å². The monoisotopic (exact) mass is 200 g/mol. The van der Waals surface area contributed by atoms with E-state index in [4.69, 9.17) is 10.8 Å². The Kier molecular flexibility index (Phi) is 3.10. The van der Waals surface area contributed by atoms with Crippen molar-refractivity contribution in [2.45, 2.75) is 12.5 Å². The molecular formula is C7H8N2O3S. The first kappa shape index (κ1) is 9.82. The van der Waals surface area contributed by atoms with E-state index in [2.05, 4.69) is 4.98 Å². The highest BCUT2D eigenvalue weighted by atomic mass is 32.1. The van der Waals surface area contributed by atoms with Crippen LogP contribution in [0.25, 0.3) is 0 Å². The number of carbonyl (C=O) groups is 2. The van der Waals surface area contributed by atoms with Crippen molar-refractivity contribution in [3.63, 3.8) is 0 Å². The van der Waals surface area contributed by atoms with Crippen molar-refractivity contribution < 1.29 is 14.7 Å². The molecule has 0 amide bonds. The van der Waals surface area contributed by atoms with Gasteiger partial charge >= 0.3 is 5.97 Å². The molecule has 1 unspecified atom stereocenters. The van der Waals surface area contributed by atoms with Crippen molar-refractivity contribution >= 4 is 23.1 Å². The van der Waals surface area contributed by atoms with Gasteiger partial charge in [0.1, 0.15) is 0 Å². The molecule has 6 heteroatoms. The molecular weight excluding hydrogens is 192 g/mol. The number of aromatic nitrogens is 1. The van der Waals surface area contributed by atoms with Crippen LogP contribution in [0, 0.1) is 0 Å². The van der Waals surface area contributed by atoms with Crippen LogP contribution >= 0.6 is 11.3 Å². The minimum absolute atomic E-state index is 0.258. The van der Waals surface area contributed by atoms with Crippen LogP contribution < -0.4 is 5.73 Å². The molecule has 3 N–H and O–H groups in total. The van der Waals surface area contributed by atoms with Crippen molar-refractivity contribution in [3.8, 4) is 0 Å². The number of aliphatic carboxylic acids is 1. The number of nitrogens with zero attached hydrogens (tertiary/aromatic N) is 1. The molecule has 13 heavy (non-hydrogen) atoms. The zero-order valence-corrected chi connectivity index (χ0v) is 7.45. The van der Waals surface area contributed by atoms with Gasteiger partial charge in [-0.25, -0.2) is 4.98 Å². The van der Waals surface area contributed by atoms with E-state index in [0.29, 0.717) is 0 Å². The molecule has 0 bridgehead atoms. The molecule has 1 heterocycles. The number of Topliss-reactive ketones (excluding diaryl/α,β-unsaturated/α-hetero) is 1. The second-order valence-corrected chi connectivity index (χ2v) is 3.30. The Bertz CT molecular complexity index is 310. The molecule has 0 spiro atoms. The summed E-state index contributed by atoms with van der Waals surface area (Å²) in [5, 5.41) is 10.3. The van der Waals surface area contributed by atoms with Crippen LogP contribution in [0.1, 0.15) is 16.2 Å². The lowest BCUT2D eigenvalue weighted by Gasteiger charge is -2.03.